The molecule has 1 nitrogen and oxygen atoms in total. The fraction of sp³-hybridized carbons (Fsp3) is 0.647. The Bertz CT molecular complexity index is 442. The van der Waals surface area contributed by atoms with Gasteiger partial charge in [0.2, 0.25) is 0 Å². The summed E-state index contributed by atoms with van der Waals surface area (Å²) in [5.41, 5.74) is 4.25. The van der Waals surface area contributed by atoms with Gasteiger partial charge in [-0.25, -0.2) is 0 Å². The molecule has 4 rings (SSSR count). The first-order valence-corrected chi connectivity index (χ1v) is 7.53. The van der Waals surface area contributed by atoms with Crippen LogP contribution >= 0.6 is 0 Å². The van der Waals surface area contributed by atoms with Gasteiger partial charge in [0.25, 0.3) is 0 Å². The lowest BCUT2D eigenvalue weighted by atomic mass is 10.0. The summed E-state index contributed by atoms with van der Waals surface area (Å²) < 4.78 is 0. The van der Waals surface area contributed by atoms with Gasteiger partial charge in [0, 0.05) is 12.6 Å². The van der Waals surface area contributed by atoms with E-state index >= 15 is 0 Å². The highest BCUT2D eigenvalue weighted by Gasteiger charge is 2.64. The van der Waals surface area contributed by atoms with Crippen LogP contribution in [-0.2, 0) is 6.54 Å². The number of benzene rings is 1. The zero-order valence-electron chi connectivity index (χ0n) is 11.4. The number of fused-ring (bicyclic) bond motifs is 5. The van der Waals surface area contributed by atoms with Gasteiger partial charge >= 0.3 is 0 Å². The molecular weight excluding hydrogens is 218 g/mol. The Kier molecular flexibility index (Phi) is 2.35. The van der Waals surface area contributed by atoms with Crippen LogP contribution in [0.25, 0.3) is 0 Å². The molecule has 3 aliphatic carbocycles. The van der Waals surface area contributed by atoms with E-state index in [4.69, 9.17) is 0 Å². The molecule has 3 fully saturated rings. The zero-order valence-corrected chi connectivity index (χ0v) is 11.4. The van der Waals surface area contributed by atoms with E-state index in [0.29, 0.717) is 0 Å². The SMILES string of the molecule is Cc1cc(C)cc(CNC2C3C4CCC(C4)C23)c1. The molecule has 4 atom stereocenters. The summed E-state index contributed by atoms with van der Waals surface area (Å²) in [6.07, 6.45) is 4.60. The third-order valence-electron chi connectivity index (χ3n) is 5.56. The van der Waals surface area contributed by atoms with Crippen molar-refractivity contribution in [2.24, 2.45) is 23.7 Å². The minimum absolute atomic E-state index is 0.858. The van der Waals surface area contributed by atoms with Gasteiger partial charge in [0.15, 0.2) is 0 Å². The van der Waals surface area contributed by atoms with Crippen molar-refractivity contribution in [3.63, 3.8) is 0 Å². The van der Waals surface area contributed by atoms with Crippen molar-refractivity contribution >= 4 is 0 Å². The highest BCUT2D eigenvalue weighted by atomic mass is 15.0. The Hall–Kier alpha value is -0.820. The van der Waals surface area contributed by atoms with E-state index in [2.05, 4.69) is 37.4 Å². The van der Waals surface area contributed by atoms with Gasteiger partial charge in [0.05, 0.1) is 0 Å². The molecule has 0 aliphatic heterocycles. The third kappa shape index (κ3) is 1.64. The topological polar surface area (TPSA) is 12.0 Å². The second-order valence-corrected chi connectivity index (χ2v) is 6.89. The van der Waals surface area contributed by atoms with Crippen molar-refractivity contribution in [3.05, 3.63) is 34.9 Å². The molecule has 1 aromatic rings. The smallest absolute Gasteiger partial charge is 0.0208 e. The van der Waals surface area contributed by atoms with Crippen molar-refractivity contribution in [1.29, 1.82) is 0 Å². The van der Waals surface area contributed by atoms with Crippen molar-refractivity contribution in [3.8, 4) is 0 Å². The van der Waals surface area contributed by atoms with E-state index in [1.807, 2.05) is 0 Å². The summed E-state index contributed by atoms with van der Waals surface area (Å²) in [6.45, 7) is 5.46. The molecule has 0 radical (unpaired) electrons. The van der Waals surface area contributed by atoms with Gasteiger partial charge in [-0.3, -0.25) is 0 Å². The van der Waals surface area contributed by atoms with Gasteiger partial charge < -0.3 is 5.32 Å². The number of aryl methyl sites for hydroxylation is 2. The largest absolute Gasteiger partial charge is 0.309 e. The molecule has 0 aromatic heterocycles. The molecule has 0 spiro atoms. The average molecular weight is 241 g/mol. The standard InChI is InChI=1S/C17H23N/c1-10-5-11(2)7-12(6-10)9-18-17-15-13-3-4-14(8-13)16(15)17/h5-7,13-18H,3-4,8-9H2,1-2H3. The number of rotatable bonds is 3. The lowest BCUT2D eigenvalue weighted by molar-refractivity contribution is 0.456. The fourth-order valence-electron chi connectivity index (χ4n) is 5.00. The summed E-state index contributed by atoms with van der Waals surface area (Å²) >= 11 is 0. The van der Waals surface area contributed by atoms with Crippen LogP contribution in [0.5, 0.6) is 0 Å². The van der Waals surface area contributed by atoms with Crippen LogP contribution in [0.1, 0.15) is 36.0 Å². The first kappa shape index (κ1) is 11.0. The van der Waals surface area contributed by atoms with Crippen LogP contribution in [0, 0.1) is 37.5 Å². The third-order valence-corrected chi connectivity index (χ3v) is 5.56. The Balaban J connectivity index is 1.40. The van der Waals surface area contributed by atoms with Crippen molar-refractivity contribution in [2.75, 3.05) is 0 Å². The zero-order chi connectivity index (χ0) is 12.3. The first-order chi connectivity index (χ1) is 8.72. The second-order valence-electron chi connectivity index (χ2n) is 6.89. The summed E-state index contributed by atoms with van der Waals surface area (Å²) in [4.78, 5) is 0. The van der Waals surface area contributed by atoms with Gasteiger partial charge in [-0.2, -0.15) is 0 Å². The Labute approximate surface area is 110 Å². The summed E-state index contributed by atoms with van der Waals surface area (Å²) in [5, 5.41) is 3.83. The van der Waals surface area contributed by atoms with Crippen LogP contribution in [0.15, 0.2) is 18.2 Å². The lowest BCUT2D eigenvalue weighted by Gasteiger charge is -2.11. The van der Waals surface area contributed by atoms with E-state index in [-0.39, 0.29) is 0 Å². The van der Waals surface area contributed by atoms with E-state index in [1.54, 1.807) is 6.42 Å². The predicted octanol–water partition coefficient (Wildman–Crippen LogP) is 3.44. The van der Waals surface area contributed by atoms with E-state index < -0.39 is 0 Å². The molecule has 3 aliphatic rings. The normalized spacial score (nSPS) is 40.0. The minimum atomic E-state index is 0.858. The predicted molar refractivity (Wildman–Crippen MR) is 74.4 cm³/mol. The molecule has 0 saturated heterocycles. The van der Waals surface area contributed by atoms with Gasteiger partial charge in [-0.15, -0.1) is 0 Å². The molecule has 4 unspecified atom stereocenters. The van der Waals surface area contributed by atoms with E-state index in [0.717, 1.165) is 36.3 Å². The van der Waals surface area contributed by atoms with Gasteiger partial charge in [0.1, 0.15) is 0 Å². The van der Waals surface area contributed by atoms with Gasteiger partial charge in [-0.1, -0.05) is 29.3 Å². The van der Waals surface area contributed by atoms with E-state index in [9.17, 15) is 0 Å². The maximum absolute atomic E-state index is 3.83. The van der Waals surface area contributed by atoms with Crippen LogP contribution in [0.2, 0.25) is 0 Å². The molecule has 3 saturated carbocycles. The molecule has 1 aromatic carbocycles. The Morgan fingerprint density at radius 3 is 2.22 bits per heavy atom. The molecule has 0 heterocycles. The van der Waals surface area contributed by atoms with Crippen LogP contribution < -0.4 is 5.32 Å². The summed E-state index contributed by atoms with van der Waals surface area (Å²) in [5.74, 6) is 4.26. The Morgan fingerprint density at radius 1 is 1.00 bits per heavy atom. The van der Waals surface area contributed by atoms with Crippen molar-refractivity contribution < 1.29 is 0 Å². The number of hydrogen-bond donors (Lipinski definition) is 1. The minimum Gasteiger partial charge on any atom is -0.309 e. The van der Waals surface area contributed by atoms with Crippen molar-refractivity contribution in [1.82, 2.24) is 5.32 Å². The molecular formula is C17H23N. The lowest BCUT2D eigenvalue weighted by Crippen LogP contribution is -2.22. The second kappa shape index (κ2) is 3.84. The highest BCUT2D eigenvalue weighted by molar-refractivity contribution is 5.29. The molecule has 0 amide bonds. The van der Waals surface area contributed by atoms with Crippen molar-refractivity contribution in [2.45, 2.75) is 45.7 Å². The Morgan fingerprint density at radius 2 is 1.61 bits per heavy atom. The first-order valence-electron chi connectivity index (χ1n) is 7.53. The van der Waals surface area contributed by atoms with Crippen LogP contribution in [0.3, 0.4) is 0 Å². The fourth-order valence-corrected chi connectivity index (χ4v) is 5.00. The summed E-state index contributed by atoms with van der Waals surface area (Å²) in [7, 11) is 0. The molecule has 1 N–H and O–H groups in total. The maximum atomic E-state index is 3.83. The maximum Gasteiger partial charge on any atom is 0.0208 e. The number of nitrogens with one attached hydrogen (secondary N) is 1. The van der Waals surface area contributed by atoms with E-state index in [1.165, 1.54) is 29.5 Å². The molecule has 1 heteroatoms. The summed E-state index contributed by atoms with van der Waals surface area (Å²) in [6, 6.07) is 7.77. The van der Waals surface area contributed by atoms with Crippen LogP contribution in [0.4, 0.5) is 0 Å². The molecule has 2 bridgehead atoms. The molecule has 18 heavy (non-hydrogen) atoms. The average Bonchev–Trinajstić information content (AvgIpc) is 2.71. The molecule has 96 valence electrons. The monoisotopic (exact) mass is 241 g/mol. The van der Waals surface area contributed by atoms with Crippen LogP contribution in [-0.4, -0.2) is 6.04 Å². The quantitative estimate of drug-likeness (QED) is 0.855. The van der Waals surface area contributed by atoms with Gasteiger partial charge in [-0.05, 0) is 62.3 Å². The number of hydrogen-bond acceptors (Lipinski definition) is 1. The highest BCUT2D eigenvalue weighted by Crippen LogP contribution is 2.65.